The molecule has 0 radical (unpaired) electrons. The zero-order chi connectivity index (χ0) is 14.0. The highest BCUT2D eigenvalue weighted by atomic mass is 19.4. The Morgan fingerprint density at radius 2 is 1.78 bits per heavy atom. The van der Waals surface area contributed by atoms with Crippen LogP contribution in [0.25, 0.3) is 0 Å². The molecule has 1 rings (SSSR count). The third-order valence-corrected chi connectivity index (χ3v) is 2.47. The topological polar surface area (TPSA) is 38.0 Å². The molecule has 0 aliphatic heterocycles. The highest BCUT2D eigenvalue weighted by Crippen LogP contribution is 2.38. The minimum atomic E-state index is -4.53. The SMILES string of the molecule is CC(C)(F)c1ccc(NCCN)c(C(F)(F)F)c1. The van der Waals surface area contributed by atoms with Crippen molar-refractivity contribution in [3.63, 3.8) is 0 Å². The van der Waals surface area contributed by atoms with Crippen molar-refractivity contribution in [2.45, 2.75) is 25.7 Å². The van der Waals surface area contributed by atoms with E-state index in [0.29, 0.717) is 0 Å². The highest BCUT2D eigenvalue weighted by molar-refractivity contribution is 5.55. The van der Waals surface area contributed by atoms with Crippen molar-refractivity contribution in [2.24, 2.45) is 5.73 Å². The van der Waals surface area contributed by atoms with Crippen molar-refractivity contribution in [1.29, 1.82) is 0 Å². The fraction of sp³-hybridized carbons (Fsp3) is 0.500. The minimum Gasteiger partial charge on any atom is -0.383 e. The summed E-state index contributed by atoms with van der Waals surface area (Å²) in [5.41, 5.74) is 2.45. The first-order valence-electron chi connectivity index (χ1n) is 5.51. The predicted molar refractivity (Wildman–Crippen MR) is 63.1 cm³/mol. The Morgan fingerprint density at radius 1 is 1.17 bits per heavy atom. The minimum absolute atomic E-state index is 0.00637. The van der Waals surface area contributed by atoms with Crippen LogP contribution >= 0.6 is 0 Å². The lowest BCUT2D eigenvalue weighted by Crippen LogP contribution is -2.18. The molecule has 0 aliphatic rings. The van der Waals surface area contributed by atoms with E-state index in [9.17, 15) is 17.6 Å². The van der Waals surface area contributed by atoms with Gasteiger partial charge in [-0.2, -0.15) is 13.2 Å². The van der Waals surface area contributed by atoms with Crippen molar-refractivity contribution < 1.29 is 17.6 Å². The van der Waals surface area contributed by atoms with Gasteiger partial charge in [-0.05, 0) is 31.5 Å². The Kier molecular flexibility index (Phi) is 4.21. The van der Waals surface area contributed by atoms with E-state index in [4.69, 9.17) is 5.73 Å². The van der Waals surface area contributed by atoms with Crippen LogP contribution in [0.4, 0.5) is 23.2 Å². The van der Waals surface area contributed by atoms with Crippen LogP contribution in [-0.2, 0) is 11.8 Å². The first kappa shape index (κ1) is 14.8. The summed E-state index contributed by atoms with van der Waals surface area (Å²) in [7, 11) is 0. The second-order valence-corrected chi connectivity index (χ2v) is 4.45. The van der Waals surface area contributed by atoms with Crippen molar-refractivity contribution in [2.75, 3.05) is 18.4 Å². The van der Waals surface area contributed by atoms with Gasteiger partial charge in [-0.3, -0.25) is 0 Å². The monoisotopic (exact) mass is 264 g/mol. The lowest BCUT2D eigenvalue weighted by atomic mass is 9.97. The van der Waals surface area contributed by atoms with Crippen LogP contribution in [0.1, 0.15) is 25.0 Å². The maximum Gasteiger partial charge on any atom is 0.418 e. The zero-order valence-electron chi connectivity index (χ0n) is 10.2. The second kappa shape index (κ2) is 5.14. The number of halogens is 4. The molecule has 0 fully saturated rings. The molecule has 0 saturated carbocycles. The molecular weight excluding hydrogens is 248 g/mol. The van der Waals surface area contributed by atoms with Crippen LogP contribution in [0.15, 0.2) is 18.2 Å². The normalized spacial score (nSPS) is 12.6. The summed E-state index contributed by atoms with van der Waals surface area (Å²) in [6.07, 6.45) is -4.53. The Bertz CT molecular complexity index is 408. The molecule has 0 bridgehead atoms. The Hall–Kier alpha value is -1.30. The van der Waals surface area contributed by atoms with Gasteiger partial charge < -0.3 is 11.1 Å². The van der Waals surface area contributed by atoms with Crippen molar-refractivity contribution in [1.82, 2.24) is 0 Å². The van der Waals surface area contributed by atoms with E-state index in [1.54, 1.807) is 0 Å². The molecule has 2 nitrogen and oxygen atoms in total. The van der Waals surface area contributed by atoms with Gasteiger partial charge in [0.05, 0.1) is 5.56 Å². The first-order chi connectivity index (χ1) is 8.16. The third kappa shape index (κ3) is 3.60. The number of nitrogens with one attached hydrogen (secondary N) is 1. The van der Waals surface area contributed by atoms with Gasteiger partial charge in [0, 0.05) is 18.8 Å². The van der Waals surface area contributed by atoms with Crippen LogP contribution < -0.4 is 11.1 Å². The molecule has 0 unspecified atom stereocenters. The standard InChI is InChI=1S/C12H16F4N2/c1-11(2,13)8-3-4-10(18-6-5-17)9(7-8)12(14,15)16/h3-4,7,18H,5-6,17H2,1-2H3. The van der Waals surface area contributed by atoms with Gasteiger partial charge in [0.15, 0.2) is 0 Å². The third-order valence-electron chi connectivity index (χ3n) is 2.47. The first-order valence-corrected chi connectivity index (χ1v) is 5.51. The predicted octanol–water partition coefficient (Wildman–Crippen LogP) is 3.28. The molecule has 0 spiro atoms. The second-order valence-electron chi connectivity index (χ2n) is 4.45. The summed E-state index contributed by atoms with van der Waals surface area (Å²) in [6.45, 7) is 2.88. The maximum atomic E-state index is 13.7. The lowest BCUT2D eigenvalue weighted by molar-refractivity contribution is -0.137. The average molecular weight is 264 g/mol. The summed E-state index contributed by atoms with van der Waals surface area (Å²) in [6, 6.07) is 3.40. The van der Waals surface area contributed by atoms with Crippen LogP contribution in [-0.4, -0.2) is 13.1 Å². The van der Waals surface area contributed by atoms with Crippen molar-refractivity contribution in [3.05, 3.63) is 29.3 Å². The molecule has 102 valence electrons. The summed E-state index contributed by atoms with van der Waals surface area (Å²) in [5, 5.41) is 2.58. The molecule has 18 heavy (non-hydrogen) atoms. The molecule has 0 atom stereocenters. The van der Waals surface area contributed by atoms with E-state index in [1.807, 2.05) is 0 Å². The number of hydrogen-bond donors (Lipinski definition) is 2. The van der Waals surface area contributed by atoms with Gasteiger partial charge in [-0.25, -0.2) is 4.39 Å². The Balaban J connectivity index is 3.21. The van der Waals surface area contributed by atoms with Gasteiger partial charge >= 0.3 is 6.18 Å². The fourth-order valence-electron chi connectivity index (χ4n) is 1.51. The molecule has 0 heterocycles. The van der Waals surface area contributed by atoms with E-state index in [1.165, 1.54) is 26.0 Å². The molecular formula is C12H16F4N2. The van der Waals surface area contributed by atoms with Gasteiger partial charge in [0.25, 0.3) is 0 Å². The number of nitrogens with two attached hydrogens (primary N) is 1. The highest BCUT2D eigenvalue weighted by Gasteiger charge is 2.35. The molecule has 0 saturated heterocycles. The molecule has 1 aromatic carbocycles. The van der Waals surface area contributed by atoms with E-state index >= 15 is 0 Å². The number of rotatable bonds is 4. The summed E-state index contributed by atoms with van der Waals surface area (Å²) in [4.78, 5) is 0. The lowest BCUT2D eigenvalue weighted by Gasteiger charge is -2.20. The van der Waals surface area contributed by atoms with Gasteiger partial charge in [0.1, 0.15) is 5.67 Å². The molecule has 3 N–H and O–H groups in total. The van der Waals surface area contributed by atoms with E-state index in [-0.39, 0.29) is 24.3 Å². The Labute approximate surface area is 103 Å². The molecule has 1 aromatic rings. The van der Waals surface area contributed by atoms with E-state index in [0.717, 1.165) is 6.07 Å². The van der Waals surface area contributed by atoms with Gasteiger partial charge in [-0.15, -0.1) is 0 Å². The smallest absolute Gasteiger partial charge is 0.383 e. The summed E-state index contributed by atoms with van der Waals surface area (Å²) in [5.74, 6) is 0. The fourth-order valence-corrected chi connectivity index (χ4v) is 1.51. The van der Waals surface area contributed by atoms with Gasteiger partial charge in [0.2, 0.25) is 0 Å². The zero-order valence-corrected chi connectivity index (χ0v) is 10.2. The van der Waals surface area contributed by atoms with E-state index < -0.39 is 17.4 Å². The van der Waals surface area contributed by atoms with E-state index in [2.05, 4.69) is 5.32 Å². The van der Waals surface area contributed by atoms with Crippen molar-refractivity contribution >= 4 is 5.69 Å². The number of benzene rings is 1. The number of hydrogen-bond acceptors (Lipinski definition) is 2. The molecule has 0 aromatic heterocycles. The average Bonchev–Trinajstić information content (AvgIpc) is 2.23. The largest absolute Gasteiger partial charge is 0.418 e. The van der Waals surface area contributed by atoms with Crippen LogP contribution in [0, 0.1) is 0 Å². The Morgan fingerprint density at radius 3 is 2.22 bits per heavy atom. The van der Waals surface area contributed by atoms with Crippen LogP contribution in [0.5, 0.6) is 0 Å². The van der Waals surface area contributed by atoms with Gasteiger partial charge in [-0.1, -0.05) is 6.07 Å². The number of alkyl halides is 4. The molecule has 0 amide bonds. The van der Waals surface area contributed by atoms with Crippen LogP contribution in [0.2, 0.25) is 0 Å². The quantitative estimate of drug-likeness (QED) is 0.819. The molecule has 0 aliphatic carbocycles. The number of anilines is 1. The van der Waals surface area contributed by atoms with Crippen LogP contribution in [0.3, 0.4) is 0 Å². The summed E-state index contributed by atoms with van der Waals surface area (Å²) >= 11 is 0. The molecule has 6 heteroatoms. The van der Waals surface area contributed by atoms with Crippen molar-refractivity contribution in [3.8, 4) is 0 Å². The summed E-state index contributed by atoms with van der Waals surface area (Å²) < 4.78 is 52.2. The maximum absolute atomic E-state index is 13.7.